The summed E-state index contributed by atoms with van der Waals surface area (Å²) in [6, 6.07) is 1.73. The van der Waals surface area contributed by atoms with E-state index in [-0.39, 0.29) is 0 Å². The molecule has 1 fully saturated rings. The van der Waals surface area contributed by atoms with E-state index in [1.807, 2.05) is 6.92 Å². The fourth-order valence-corrected chi connectivity index (χ4v) is 2.98. The van der Waals surface area contributed by atoms with E-state index in [9.17, 15) is 9.59 Å². The summed E-state index contributed by atoms with van der Waals surface area (Å²) < 4.78 is 10.8. The van der Waals surface area contributed by atoms with E-state index in [2.05, 4.69) is 10.4 Å². The predicted molar refractivity (Wildman–Crippen MR) is 102 cm³/mol. The number of hydrogen-bond acceptors (Lipinski definition) is 5. The lowest BCUT2D eigenvalue weighted by Gasteiger charge is -2.35. The molecule has 0 saturated heterocycles. The summed E-state index contributed by atoms with van der Waals surface area (Å²) in [5.41, 5.74) is 2.13. The Labute approximate surface area is 165 Å². The molecule has 0 aliphatic heterocycles. The molecule has 1 aliphatic carbocycles. The molecule has 7 nitrogen and oxygen atoms in total. The van der Waals surface area contributed by atoms with Crippen molar-refractivity contribution in [1.82, 2.24) is 15.4 Å². The molecule has 0 atom stereocenters. The summed E-state index contributed by atoms with van der Waals surface area (Å²) in [6.45, 7) is 12.5. The van der Waals surface area contributed by atoms with Crippen molar-refractivity contribution in [2.75, 3.05) is 0 Å². The number of amides is 2. The zero-order valence-corrected chi connectivity index (χ0v) is 17.7. The van der Waals surface area contributed by atoms with Crippen LogP contribution in [-0.2, 0) is 15.0 Å². The Morgan fingerprint density at radius 2 is 1.70 bits per heavy atom. The van der Waals surface area contributed by atoms with Crippen molar-refractivity contribution in [2.24, 2.45) is 0 Å². The minimum Gasteiger partial charge on any atom is -0.443 e. The molecular formula is C19H28ClN3O4. The first-order valence-electron chi connectivity index (χ1n) is 8.89. The normalized spacial score (nSPS) is 15.7. The summed E-state index contributed by atoms with van der Waals surface area (Å²) in [7, 11) is 0. The van der Waals surface area contributed by atoms with Gasteiger partial charge in [-0.1, -0.05) is 11.6 Å². The largest absolute Gasteiger partial charge is 0.443 e. The van der Waals surface area contributed by atoms with E-state index < -0.39 is 28.9 Å². The van der Waals surface area contributed by atoms with E-state index in [4.69, 9.17) is 21.1 Å². The fraction of sp³-hybridized carbons (Fsp3) is 0.632. The number of hydrazine groups is 1. The molecule has 0 bridgehead atoms. The number of aryl methyl sites for hydroxylation is 1. The molecule has 2 rings (SSSR count). The van der Waals surface area contributed by atoms with Gasteiger partial charge in [0.1, 0.15) is 16.4 Å². The molecule has 1 aromatic heterocycles. The lowest BCUT2D eigenvalue weighted by molar-refractivity contribution is -0.0144. The SMILES string of the molecule is Cc1cc(Cl)ncc1C1(N(NC(=O)OC(C)(C)C)C(=O)OC(C)(C)C)CC1. The maximum atomic E-state index is 12.9. The van der Waals surface area contributed by atoms with Crippen LogP contribution in [0.15, 0.2) is 12.3 Å². The van der Waals surface area contributed by atoms with Crippen molar-refractivity contribution in [2.45, 2.75) is 78.0 Å². The zero-order chi connectivity index (χ0) is 20.6. The van der Waals surface area contributed by atoms with Gasteiger partial charge in [0.2, 0.25) is 0 Å². The van der Waals surface area contributed by atoms with Crippen LogP contribution in [0.4, 0.5) is 9.59 Å². The average molecular weight is 398 g/mol. The first-order valence-corrected chi connectivity index (χ1v) is 9.27. The van der Waals surface area contributed by atoms with Crippen LogP contribution in [0.1, 0.15) is 65.5 Å². The van der Waals surface area contributed by atoms with Crippen LogP contribution in [0.25, 0.3) is 0 Å². The summed E-state index contributed by atoms with van der Waals surface area (Å²) in [5, 5.41) is 1.60. The highest BCUT2D eigenvalue weighted by Crippen LogP contribution is 2.51. The highest BCUT2D eigenvalue weighted by Gasteiger charge is 2.55. The van der Waals surface area contributed by atoms with Crippen LogP contribution in [-0.4, -0.2) is 33.4 Å². The molecule has 1 saturated carbocycles. The van der Waals surface area contributed by atoms with Gasteiger partial charge >= 0.3 is 12.2 Å². The number of hydrogen-bond donors (Lipinski definition) is 1. The molecule has 27 heavy (non-hydrogen) atoms. The molecule has 1 N–H and O–H groups in total. The van der Waals surface area contributed by atoms with Gasteiger partial charge in [-0.25, -0.2) is 25.0 Å². The Hall–Kier alpha value is -2.02. The Morgan fingerprint density at radius 3 is 2.15 bits per heavy atom. The van der Waals surface area contributed by atoms with Gasteiger partial charge in [0.05, 0.1) is 5.54 Å². The minimum absolute atomic E-state index is 0.371. The van der Waals surface area contributed by atoms with Crippen molar-refractivity contribution >= 4 is 23.8 Å². The van der Waals surface area contributed by atoms with Crippen molar-refractivity contribution in [3.05, 3.63) is 28.5 Å². The second kappa shape index (κ2) is 7.19. The molecule has 1 aromatic rings. The van der Waals surface area contributed by atoms with Gasteiger partial charge in [0.25, 0.3) is 0 Å². The van der Waals surface area contributed by atoms with Crippen molar-refractivity contribution < 1.29 is 19.1 Å². The molecule has 1 aliphatic rings. The van der Waals surface area contributed by atoms with Crippen LogP contribution < -0.4 is 5.43 Å². The molecule has 1 heterocycles. The zero-order valence-electron chi connectivity index (χ0n) is 17.0. The van der Waals surface area contributed by atoms with Gasteiger partial charge in [-0.2, -0.15) is 0 Å². The van der Waals surface area contributed by atoms with Gasteiger partial charge in [-0.05, 0) is 72.9 Å². The Balaban J connectivity index is 2.36. The molecule has 0 spiro atoms. The number of carbonyl (C=O) groups is 2. The lowest BCUT2D eigenvalue weighted by atomic mass is 10.0. The first-order chi connectivity index (χ1) is 12.2. The molecule has 0 aromatic carbocycles. The number of halogens is 1. The second-order valence-corrected chi connectivity index (χ2v) is 9.17. The molecule has 150 valence electrons. The maximum Gasteiger partial charge on any atom is 0.430 e. The smallest absolute Gasteiger partial charge is 0.430 e. The van der Waals surface area contributed by atoms with Crippen molar-refractivity contribution in [3.63, 3.8) is 0 Å². The number of nitrogens with one attached hydrogen (secondary N) is 1. The third kappa shape index (κ3) is 5.48. The first kappa shape index (κ1) is 21.3. The van der Waals surface area contributed by atoms with Gasteiger partial charge < -0.3 is 9.47 Å². The highest BCUT2D eigenvalue weighted by atomic mass is 35.5. The Bertz CT molecular complexity index is 733. The van der Waals surface area contributed by atoms with Gasteiger partial charge in [0, 0.05) is 11.8 Å². The predicted octanol–water partition coefficient (Wildman–Crippen LogP) is 4.71. The molecule has 0 unspecified atom stereocenters. The van der Waals surface area contributed by atoms with Crippen LogP contribution in [0.3, 0.4) is 0 Å². The standard InChI is InChI=1S/C19H28ClN3O4/c1-12-10-14(20)21-11-13(12)19(8-9-19)23(16(25)27-18(5,6)7)22-15(24)26-17(2,3)4/h10-11H,8-9H2,1-7H3,(H,22,24). The minimum atomic E-state index is -0.735. The van der Waals surface area contributed by atoms with Gasteiger partial charge in [0.15, 0.2) is 0 Å². The van der Waals surface area contributed by atoms with E-state index in [0.29, 0.717) is 18.0 Å². The monoisotopic (exact) mass is 397 g/mol. The molecular weight excluding hydrogens is 370 g/mol. The van der Waals surface area contributed by atoms with Crippen LogP contribution >= 0.6 is 11.6 Å². The fourth-order valence-electron chi connectivity index (χ4n) is 2.77. The van der Waals surface area contributed by atoms with Gasteiger partial charge in [-0.3, -0.25) is 0 Å². The Kier molecular flexibility index (Phi) is 5.66. The third-order valence-electron chi connectivity index (χ3n) is 3.91. The number of pyridine rings is 1. The highest BCUT2D eigenvalue weighted by molar-refractivity contribution is 6.29. The van der Waals surface area contributed by atoms with E-state index in [0.717, 1.165) is 11.1 Å². The van der Waals surface area contributed by atoms with E-state index >= 15 is 0 Å². The number of nitrogens with zero attached hydrogens (tertiary/aromatic N) is 2. The molecule has 0 radical (unpaired) electrons. The quantitative estimate of drug-likeness (QED) is 0.577. The third-order valence-corrected chi connectivity index (χ3v) is 4.12. The maximum absolute atomic E-state index is 12.9. The van der Waals surface area contributed by atoms with E-state index in [1.54, 1.807) is 53.8 Å². The number of aromatic nitrogens is 1. The van der Waals surface area contributed by atoms with Crippen LogP contribution in [0.5, 0.6) is 0 Å². The van der Waals surface area contributed by atoms with Crippen molar-refractivity contribution in [1.29, 1.82) is 0 Å². The summed E-state index contributed by atoms with van der Waals surface area (Å²) in [4.78, 5) is 29.4. The average Bonchev–Trinajstić information content (AvgIpc) is 3.22. The van der Waals surface area contributed by atoms with E-state index in [1.165, 1.54) is 5.01 Å². The van der Waals surface area contributed by atoms with Crippen LogP contribution in [0, 0.1) is 6.92 Å². The summed E-state index contributed by atoms with van der Waals surface area (Å²) >= 11 is 5.97. The summed E-state index contributed by atoms with van der Waals surface area (Å²) in [5.74, 6) is 0. The van der Waals surface area contributed by atoms with Crippen molar-refractivity contribution in [3.8, 4) is 0 Å². The van der Waals surface area contributed by atoms with Crippen LogP contribution in [0.2, 0.25) is 5.15 Å². The number of ether oxygens (including phenoxy) is 2. The number of rotatable bonds is 2. The number of carbonyl (C=O) groups excluding carboxylic acids is 2. The second-order valence-electron chi connectivity index (χ2n) is 8.78. The molecule has 2 amide bonds. The molecule has 8 heteroatoms. The van der Waals surface area contributed by atoms with Gasteiger partial charge in [-0.15, -0.1) is 0 Å². The summed E-state index contributed by atoms with van der Waals surface area (Å²) in [6.07, 6.45) is 1.58. The Morgan fingerprint density at radius 1 is 1.15 bits per heavy atom. The lowest BCUT2D eigenvalue weighted by Crippen LogP contribution is -2.54. The topological polar surface area (TPSA) is 80.8 Å².